The van der Waals surface area contributed by atoms with Crippen molar-refractivity contribution in [2.75, 3.05) is 13.2 Å². The second kappa shape index (κ2) is 1.96. The molecule has 2 heterocycles. The Morgan fingerprint density at radius 2 is 2.22 bits per heavy atom. The maximum absolute atomic E-state index is 5.46. The number of hydrogen-bond donors (Lipinski definition) is 0. The van der Waals surface area contributed by atoms with Crippen molar-refractivity contribution in [3.63, 3.8) is 0 Å². The molecule has 2 saturated heterocycles. The van der Waals surface area contributed by atoms with E-state index < -0.39 is 0 Å². The van der Waals surface area contributed by atoms with Gasteiger partial charge in [0.05, 0.1) is 18.8 Å². The van der Waals surface area contributed by atoms with Gasteiger partial charge in [0.2, 0.25) is 0 Å². The van der Waals surface area contributed by atoms with Crippen LogP contribution in [0.3, 0.4) is 0 Å². The van der Waals surface area contributed by atoms with Crippen molar-refractivity contribution in [1.29, 1.82) is 0 Å². The molecule has 0 aliphatic carbocycles. The summed E-state index contributed by atoms with van der Waals surface area (Å²) in [5.74, 6) is 0.623. The van der Waals surface area contributed by atoms with Gasteiger partial charge in [-0.05, 0) is 6.42 Å². The van der Waals surface area contributed by atoms with Crippen LogP contribution in [0.15, 0.2) is 0 Å². The van der Waals surface area contributed by atoms with Crippen LogP contribution in [-0.2, 0) is 9.47 Å². The topological polar surface area (TPSA) is 18.5 Å². The van der Waals surface area contributed by atoms with Crippen molar-refractivity contribution in [3.05, 3.63) is 0 Å². The molecule has 3 atom stereocenters. The Bertz CT molecular complexity index is 113. The number of rotatable bonds is 0. The molecule has 0 aromatic rings. The third-order valence-electron chi connectivity index (χ3n) is 2.21. The lowest BCUT2D eigenvalue weighted by Gasteiger charge is -2.08. The van der Waals surface area contributed by atoms with Crippen LogP contribution in [0.4, 0.5) is 0 Å². The number of fused-ring (bicyclic) bond motifs is 1. The lowest BCUT2D eigenvalue weighted by Crippen LogP contribution is -2.19. The molecule has 52 valence electrons. The summed E-state index contributed by atoms with van der Waals surface area (Å²) in [6.07, 6.45) is 1.96. The molecular formula is C7H12O2. The highest BCUT2D eigenvalue weighted by atomic mass is 16.6. The smallest absolute Gasteiger partial charge is 0.0884 e. The van der Waals surface area contributed by atoms with Gasteiger partial charge in [0, 0.05) is 12.5 Å². The van der Waals surface area contributed by atoms with Crippen molar-refractivity contribution in [1.82, 2.24) is 0 Å². The van der Waals surface area contributed by atoms with Gasteiger partial charge in [-0.1, -0.05) is 6.92 Å². The van der Waals surface area contributed by atoms with Gasteiger partial charge in [0.1, 0.15) is 0 Å². The highest BCUT2D eigenvalue weighted by molar-refractivity contribution is 4.86. The highest BCUT2D eigenvalue weighted by Crippen LogP contribution is 2.29. The Morgan fingerprint density at radius 3 is 3.00 bits per heavy atom. The Morgan fingerprint density at radius 1 is 1.33 bits per heavy atom. The van der Waals surface area contributed by atoms with Crippen LogP contribution < -0.4 is 0 Å². The number of ether oxygens (including phenoxy) is 2. The summed E-state index contributed by atoms with van der Waals surface area (Å²) in [6, 6.07) is 0. The van der Waals surface area contributed by atoms with Crippen LogP contribution in [0.5, 0.6) is 0 Å². The molecule has 0 saturated carbocycles. The van der Waals surface area contributed by atoms with Gasteiger partial charge in [-0.15, -0.1) is 0 Å². The van der Waals surface area contributed by atoms with Crippen molar-refractivity contribution in [3.8, 4) is 0 Å². The molecule has 2 rings (SSSR count). The first kappa shape index (κ1) is 5.69. The standard InChI is InChI=1S/C7H12O2/c1-5-4-9-6-2-3-8-7(5)6/h5-7H,2-4H2,1H3. The molecule has 9 heavy (non-hydrogen) atoms. The molecule has 2 fully saturated rings. The van der Waals surface area contributed by atoms with Crippen molar-refractivity contribution < 1.29 is 9.47 Å². The fraction of sp³-hybridized carbons (Fsp3) is 1.00. The van der Waals surface area contributed by atoms with Gasteiger partial charge in [0.15, 0.2) is 0 Å². The van der Waals surface area contributed by atoms with Gasteiger partial charge >= 0.3 is 0 Å². The summed E-state index contributed by atoms with van der Waals surface area (Å²) < 4.78 is 10.9. The molecule has 2 aliphatic rings. The molecular weight excluding hydrogens is 116 g/mol. The van der Waals surface area contributed by atoms with Crippen LogP contribution in [0.25, 0.3) is 0 Å². The van der Waals surface area contributed by atoms with Gasteiger partial charge in [0.25, 0.3) is 0 Å². The SMILES string of the molecule is CC1COC2CCOC12. The van der Waals surface area contributed by atoms with Crippen LogP contribution in [0, 0.1) is 5.92 Å². The summed E-state index contributed by atoms with van der Waals surface area (Å²) in [7, 11) is 0. The maximum atomic E-state index is 5.46. The van der Waals surface area contributed by atoms with Gasteiger partial charge in [-0.3, -0.25) is 0 Å². The zero-order chi connectivity index (χ0) is 6.27. The minimum atomic E-state index is 0.421. The van der Waals surface area contributed by atoms with E-state index in [1.807, 2.05) is 0 Å². The van der Waals surface area contributed by atoms with Gasteiger partial charge < -0.3 is 9.47 Å². The monoisotopic (exact) mass is 128 g/mol. The quantitative estimate of drug-likeness (QED) is 0.480. The molecule has 0 bridgehead atoms. The van der Waals surface area contributed by atoms with E-state index in [1.54, 1.807) is 0 Å². The highest BCUT2D eigenvalue weighted by Gasteiger charge is 2.38. The van der Waals surface area contributed by atoms with E-state index in [0.29, 0.717) is 18.1 Å². The zero-order valence-corrected chi connectivity index (χ0v) is 5.67. The second-order valence-corrected chi connectivity index (χ2v) is 2.97. The van der Waals surface area contributed by atoms with Crippen LogP contribution >= 0.6 is 0 Å². The lowest BCUT2D eigenvalue weighted by molar-refractivity contribution is 0.0658. The first-order chi connectivity index (χ1) is 4.38. The molecule has 3 unspecified atom stereocenters. The average molecular weight is 128 g/mol. The van der Waals surface area contributed by atoms with Crippen molar-refractivity contribution in [2.45, 2.75) is 25.6 Å². The normalized spacial score (nSPS) is 49.7. The third kappa shape index (κ3) is 0.775. The molecule has 0 aromatic heterocycles. The maximum Gasteiger partial charge on any atom is 0.0884 e. The van der Waals surface area contributed by atoms with Crippen LogP contribution in [-0.4, -0.2) is 25.4 Å². The first-order valence-electron chi connectivity index (χ1n) is 3.61. The van der Waals surface area contributed by atoms with E-state index in [2.05, 4.69) is 6.92 Å². The van der Waals surface area contributed by atoms with Crippen molar-refractivity contribution in [2.24, 2.45) is 5.92 Å². The lowest BCUT2D eigenvalue weighted by atomic mass is 10.1. The summed E-state index contributed by atoms with van der Waals surface area (Å²) in [5.41, 5.74) is 0. The largest absolute Gasteiger partial charge is 0.375 e. The minimum Gasteiger partial charge on any atom is -0.375 e. The zero-order valence-electron chi connectivity index (χ0n) is 5.67. The predicted octanol–water partition coefficient (Wildman–Crippen LogP) is 0.810. The molecule has 0 aromatic carbocycles. The van der Waals surface area contributed by atoms with E-state index in [0.717, 1.165) is 19.6 Å². The summed E-state index contributed by atoms with van der Waals surface area (Å²) in [4.78, 5) is 0. The predicted molar refractivity (Wildman–Crippen MR) is 33.3 cm³/mol. The summed E-state index contributed by atoms with van der Waals surface area (Å²) in [5, 5.41) is 0. The van der Waals surface area contributed by atoms with Crippen LogP contribution in [0.1, 0.15) is 13.3 Å². The molecule has 0 amide bonds. The van der Waals surface area contributed by atoms with E-state index in [-0.39, 0.29) is 0 Å². The Kier molecular flexibility index (Phi) is 1.24. The molecule has 2 aliphatic heterocycles. The fourth-order valence-corrected chi connectivity index (χ4v) is 1.67. The van der Waals surface area contributed by atoms with Gasteiger partial charge in [-0.25, -0.2) is 0 Å². The molecule has 0 N–H and O–H groups in total. The van der Waals surface area contributed by atoms with E-state index in [9.17, 15) is 0 Å². The van der Waals surface area contributed by atoms with E-state index in [1.165, 1.54) is 0 Å². The minimum absolute atomic E-state index is 0.421. The van der Waals surface area contributed by atoms with E-state index in [4.69, 9.17) is 9.47 Å². The molecule has 2 heteroatoms. The third-order valence-corrected chi connectivity index (χ3v) is 2.21. The summed E-state index contributed by atoms with van der Waals surface area (Å²) >= 11 is 0. The van der Waals surface area contributed by atoms with Gasteiger partial charge in [-0.2, -0.15) is 0 Å². The first-order valence-corrected chi connectivity index (χ1v) is 3.61. The Labute approximate surface area is 55.1 Å². The molecule has 2 nitrogen and oxygen atoms in total. The fourth-order valence-electron chi connectivity index (χ4n) is 1.67. The Balaban J connectivity index is 2.07. The summed E-state index contributed by atoms with van der Waals surface area (Å²) in [6.45, 7) is 3.99. The number of hydrogen-bond acceptors (Lipinski definition) is 2. The van der Waals surface area contributed by atoms with Crippen molar-refractivity contribution >= 4 is 0 Å². The van der Waals surface area contributed by atoms with E-state index >= 15 is 0 Å². The second-order valence-electron chi connectivity index (χ2n) is 2.97. The molecule has 0 spiro atoms. The van der Waals surface area contributed by atoms with Crippen LogP contribution in [0.2, 0.25) is 0 Å². The molecule has 0 radical (unpaired) electrons. The average Bonchev–Trinajstić information content (AvgIpc) is 2.35. The Hall–Kier alpha value is -0.0800.